The van der Waals surface area contributed by atoms with Crippen molar-refractivity contribution in [2.24, 2.45) is 0 Å². The van der Waals surface area contributed by atoms with Crippen LogP contribution < -0.4 is 16.6 Å². The molecule has 31 heavy (non-hydrogen) atoms. The number of carbonyl (C=O) groups is 1. The Balaban J connectivity index is 1.60. The highest BCUT2D eigenvalue weighted by Gasteiger charge is 2.14. The number of nitrogens with zero attached hydrogens (tertiary/aromatic N) is 4. The van der Waals surface area contributed by atoms with Gasteiger partial charge in [-0.1, -0.05) is 18.2 Å². The van der Waals surface area contributed by atoms with Crippen LogP contribution in [-0.4, -0.2) is 30.2 Å². The number of hydrogen-bond donors (Lipinski definition) is 2. The number of carbonyl (C=O) groups excluding carboxylic acids is 1. The largest absolute Gasteiger partial charge is 0.328 e. The van der Waals surface area contributed by atoms with Crippen LogP contribution in [0, 0.1) is 20.8 Å². The Kier molecular flexibility index (Phi) is 5.24. The van der Waals surface area contributed by atoms with Crippen LogP contribution >= 0.6 is 0 Å². The third kappa shape index (κ3) is 4.16. The van der Waals surface area contributed by atoms with Gasteiger partial charge in [-0.15, -0.1) is 0 Å². The maximum Gasteiger partial charge on any atom is 0.328 e. The lowest BCUT2D eigenvalue weighted by molar-refractivity contribution is -0.116. The average Bonchev–Trinajstić information content (AvgIpc) is 3.08. The second kappa shape index (κ2) is 8.02. The van der Waals surface area contributed by atoms with Gasteiger partial charge in [-0.05, 0) is 38.0 Å². The third-order valence-electron chi connectivity index (χ3n) is 5.03. The molecule has 0 unspecified atom stereocenters. The lowest BCUT2D eigenvalue weighted by atomic mass is 10.1. The van der Waals surface area contributed by atoms with E-state index < -0.39 is 11.2 Å². The first kappa shape index (κ1) is 20.3. The Morgan fingerprint density at radius 2 is 1.90 bits per heavy atom. The molecule has 0 radical (unpaired) electrons. The Morgan fingerprint density at radius 1 is 1.10 bits per heavy atom. The molecule has 0 fully saturated rings. The van der Waals surface area contributed by atoms with Gasteiger partial charge < -0.3 is 9.88 Å². The van der Waals surface area contributed by atoms with Gasteiger partial charge in [0, 0.05) is 36.7 Å². The van der Waals surface area contributed by atoms with Gasteiger partial charge in [0.1, 0.15) is 5.82 Å². The Morgan fingerprint density at radius 3 is 2.68 bits per heavy atom. The van der Waals surface area contributed by atoms with E-state index in [-0.39, 0.29) is 18.9 Å². The summed E-state index contributed by atoms with van der Waals surface area (Å²) in [5, 5.41) is 8.42. The summed E-state index contributed by atoms with van der Waals surface area (Å²) in [6, 6.07) is 11.0. The molecule has 0 spiro atoms. The predicted molar refractivity (Wildman–Crippen MR) is 118 cm³/mol. The molecule has 3 heterocycles. The van der Waals surface area contributed by atoms with Crippen molar-refractivity contribution in [1.82, 2.24) is 24.3 Å². The Bertz CT molecular complexity index is 1410. The Hall–Kier alpha value is -4.01. The molecule has 1 amide bonds. The zero-order chi connectivity index (χ0) is 22.1. The third-order valence-corrected chi connectivity index (χ3v) is 5.03. The van der Waals surface area contributed by atoms with Gasteiger partial charge in [0.25, 0.3) is 5.56 Å². The molecule has 0 aliphatic carbocycles. The first-order valence-corrected chi connectivity index (χ1v) is 9.85. The first-order chi connectivity index (χ1) is 14.8. The quantitative estimate of drug-likeness (QED) is 0.516. The number of para-hydroxylation sites is 1. The van der Waals surface area contributed by atoms with E-state index in [1.165, 1.54) is 16.8 Å². The van der Waals surface area contributed by atoms with Crippen molar-refractivity contribution in [2.75, 3.05) is 5.32 Å². The molecule has 3 aromatic heterocycles. The van der Waals surface area contributed by atoms with Gasteiger partial charge >= 0.3 is 5.69 Å². The van der Waals surface area contributed by atoms with Gasteiger partial charge in [-0.3, -0.25) is 14.6 Å². The number of benzene rings is 1. The minimum atomic E-state index is -0.549. The number of anilines is 1. The topological polar surface area (TPSA) is 115 Å². The standard InChI is InChI=1S/C22H22N6O3/c1-13-5-4-6-16-14(2)11-17(24-21(13)16)28-18(12-15(3)26-28)23-19(29)7-9-27-10-8-20(30)25-22(27)31/h4-6,8,10-12H,7,9H2,1-3H3,(H,23,29)(H,25,30,31). The van der Waals surface area contributed by atoms with Crippen LogP contribution in [0.5, 0.6) is 0 Å². The van der Waals surface area contributed by atoms with Crippen molar-refractivity contribution < 1.29 is 4.79 Å². The molecular weight excluding hydrogens is 396 g/mol. The molecular formula is C22H22N6O3. The normalized spacial score (nSPS) is 11.1. The van der Waals surface area contributed by atoms with Crippen LogP contribution in [0.4, 0.5) is 5.82 Å². The molecule has 2 N–H and O–H groups in total. The smallest absolute Gasteiger partial charge is 0.310 e. The highest BCUT2D eigenvalue weighted by atomic mass is 16.2. The van der Waals surface area contributed by atoms with Crippen molar-refractivity contribution in [2.45, 2.75) is 33.7 Å². The van der Waals surface area contributed by atoms with Gasteiger partial charge in [0.05, 0.1) is 11.2 Å². The number of pyridine rings is 1. The maximum absolute atomic E-state index is 12.5. The van der Waals surface area contributed by atoms with Crippen LogP contribution in [0.3, 0.4) is 0 Å². The van der Waals surface area contributed by atoms with Crippen LogP contribution in [0.15, 0.2) is 52.2 Å². The second-order valence-corrected chi connectivity index (χ2v) is 7.45. The zero-order valence-electron chi connectivity index (χ0n) is 17.5. The number of rotatable bonds is 5. The maximum atomic E-state index is 12.5. The number of aromatic nitrogens is 5. The average molecular weight is 418 g/mol. The number of nitrogens with one attached hydrogen (secondary N) is 2. The molecule has 9 heteroatoms. The van der Waals surface area contributed by atoms with Gasteiger partial charge in [-0.25, -0.2) is 9.78 Å². The molecule has 0 saturated heterocycles. The summed E-state index contributed by atoms with van der Waals surface area (Å²) in [7, 11) is 0. The number of amides is 1. The second-order valence-electron chi connectivity index (χ2n) is 7.45. The van der Waals surface area contributed by atoms with E-state index in [1.54, 1.807) is 10.7 Å². The van der Waals surface area contributed by atoms with Crippen LogP contribution in [0.1, 0.15) is 23.2 Å². The van der Waals surface area contributed by atoms with Crippen molar-refractivity contribution in [1.29, 1.82) is 0 Å². The van der Waals surface area contributed by atoms with E-state index in [0.29, 0.717) is 11.6 Å². The molecule has 4 rings (SSSR count). The van der Waals surface area contributed by atoms with E-state index in [2.05, 4.69) is 15.4 Å². The highest BCUT2D eigenvalue weighted by molar-refractivity contribution is 5.90. The number of H-pyrrole nitrogens is 1. The SMILES string of the molecule is Cc1cc(NC(=O)CCn2ccc(=O)[nH]c2=O)n(-c2cc(C)c3cccc(C)c3n2)n1. The highest BCUT2D eigenvalue weighted by Crippen LogP contribution is 2.24. The van der Waals surface area contributed by atoms with Gasteiger partial charge in [0.2, 0.25) is 5.91 Å². The lowest BCUT2D eigenvalue weighted by Crippen LogP contribution is -2.30. The molecule has 0 saturated carbocycles. The molecule has 4 aromatic rings. The number of aromatic amines is 1. The summed E-state index contributed by atoms with van der Waals surface area (Å²) < 4.78 is 2.89. The molecule has 9 nitrogen and oxygen atoms in total. The van der Waals surface area contributed by atoms with E-state index in [9.17, 15) is 14.4 Å². The summed E-state index contributed by atoms with van der Waals surface area (Å²) in [6.07, 6.45) is 1.42. The fourth-order valence-electron chi connectivity index (χ4n) is 3.46. The van der Waals surface area contributed by atoms with E-state index in [0.717, 1.165) is 27.7 Å². The van der Waals surface area contributed by atoms with Gasteiger partial charge in [0.15, 0.2) is 5.82 Å². The number of fused-ring (bicyclic) bond motifs is 1. The van der Waals surface area contributed by atoms with Crippen molar-refractivity contribution in [3.63, 3.8) is 0 Å². The monoisotopic (exact) mass is 418 g/mol. The predicted octanol–water partition coefficient (Wildman–Crippen LogP) is 2.22. The van der Waals surface area contributed by atoms with Crippen molar-refractivity contribution in [3.8, 4) is 5.82 Å². The van der Waals surface area contributed by atoms with Crippen molar-refractivity contribution >= 4 is 22.6 Å². The molecule has 0 atom stereocenters. The summed E-state index contributed by atoms with van der Waals surface area (Å²) in [5.41, 5.74) is 2.72. The summed E-state index contributed by atoms with van der Waals surface area (Å²) in [5.74, 6) is 0.823. The zero-order valence-corrected chi connectivity index (χ0v) is 17.5. The van der Waals surface area contributed by atoms with Crippen LogP contribution in [-0.2, 0) is 11.3 Å². The molecule has 1 aromatic carbocycles. The van der Waals surface area contributed by atoms with E-state index in [1.807, 2.05) is 45.0 Å². The molecule has 158 valence electrons. The van der Waals surface area contributed by atoms with Crippen molar-refractivity contribution in [3.05, 3.63) is 80.3 Å². The van der Waals surface area contributed by atoms with Crippen LogP contribution in [0.2, 0.25) is 0 Å². The summed E-state index contributed by atoms with van der Waals surface area (Å²) in [6.45, 7) is 6.00. The minimum absolute atomic E-state index is 0.0550. The number of hydrogen-bond acceptors (Lipinski definition) is 5. The summed E-state index contributed by atoms with van der Waals surface area (Å²) >= 11 is 0. The summed E-state index contributed by atoms with van der Waals surface area (Å²) in [4.78, 5) is 42.4. The fraction of sp³-hybridized carbons (Fsp3) is 0.227. The van der Waals surface area contributed by atoms with E-state index in [4.69, 9.17) is 4.98 Å². The van der Waals surface area contributed by atoms with Crippen LogP contribution in [0.25, 0.3) is 16.7 Å². The molecule has 0 bridgehead atoms. The Labute approximate surface area is 177 Å². The lowest BCUT2D eigenvalue weighted by Gasteiger charge is -2.12. The van der Waals surface area contributed by atoms with Gasteiger partial charge in [-0.2, -0.15) is 9.78 Å². The fourth-order valence-corrected chi connectivity index (χ4v) is 3.46. The first-order valence-electron chi connectivity index (χ1n) is 9.85. The molecule has 0 aliphatic heterocycles. The van der Waals surface area contributed by atoms with E-state index >= 15 is 0 Å². The molecule has 0 aliphatic rings. The minimum Gasteiger partial charge on any atom is -0.310 e. The number of aryl methyl sites for hydroxylation is 4.